The van der Waals surface area contributed by atoms with Crippen molar-refractivity contribution in [3.05, 3.63) is 119 Å². The average Bonchev–Trinajstić information content (AvgIpc) is 3.92. The zero-order valence-electron chi connectivity index (χ0n) is 39.7. The van der Waals surface area contributed by atoms with Gasteiger partial charge in [0.2, 0.25) is 17.7 Å². The van der Waals surface area contributed by atoms with Gasteiger partial charge in [0.25, 0.3) is 5.91 Å². The summed E-state index contributed by atoms with van der Waals surface area (Å²) in [7, 11) is 1.74. The van der Waals surface area contributed by atoms with Crippen LogP contribution in [0.2, 0.25) is 0 Å². The number of aromatic carboxylic acids is 1. The normalized spacial score (nSPS) is 16.9. The molecule has 4 aromatic heterocycles. The monoisotopic (exact) mass is 974 g/mol. The van der Waals surface area contributed by atoms with Crippen LogP contribution in [0.25, 0.3) is 32.4 Å². The number of fused-ring (bicyclic) bond motifs is 3. The van der Waals surface area contributed by atoms with Crippen molar-refractivity contribution in [2.24, 2.45) is 13.0 Å². The Bertz CT molecular complexity index is 3200. The highest BCUT2D eigenvalue weighted by atomic mass is 32.1. The predicted octanol–water partition coefficient (Wildman–Crippen LogP) is 7.88. The number of thiazole rings is 1. The van der Waals surface area contributed by atoms with E-state index in [1.165, 1.54) is 11.3 Å². The molecule has 0 bridgehead atoms. The van der Waals surface area contributed by atoms with Gasteiger partial charge in [-0.05, 0) is 148 Å². The van der Waals surface area contributed by atoms with Crippen LogP contribution >= 0.6 is 11.3 Å². The van der Waals surface area contributed by atoms with Crippen molar-refractivity contribution in [1.82, 2.24) is 34.9 Å². The number of aromatic nitrogens is 5. The van der Waals surface area contributed by atoms with Gasteiger partial charge in [-0.25, -0.2) is 19.7 Å². The molecule has 364 valence electrons. The van der Waals surface area contributed by atoms with E-state index in [0.717, 1.165) is 71.2 Å². The standard InChI is InChI=1S/C53H54N10O7S/c1-30-27-34(70-31(2)11-12-32-21-24-62(25-22-32)29-46(65)55-43-18-15-38-47(60-61(3)49(38)56-43)39-17-20-45(64)58-51(39)67)13-14-35(30)36-16-19-44(57-48(36)52(68)69)63-26-23-33-7-6-8-37(40(33)28-63)50(66)59-53-54-41-9-4-5-10-42(41)71-53/h4-10,13-16,18-19,27,31-32,39H,11-12,17,20-26,28-29H2,1-3H3,(H,68,69)(H,54,59,66)(H,55,56,65)(H,58,64,67)/t31-,39?/m1/s1. The molecule has 4 amide bonds. The maximum atomic E-state index is 13.6. The molecule has 0 radical (unpaired) electrons. The number of pyridine rings is 2. The molecule has 0 aliphatic carbocycles. The molecule has 1 unspecified atom stereocenters. The largest absolute Gasteiger partial charge is 0.491 e. The summed E-state index contributed by atoms with van der Waals surface area (Å²) < 4.78 is 8.97. The molecule has 3 aromatic carbocycles. The van der Waals surface area contributed by atoms with Crippen LogP contribution in [0.5, 0.6) is 5.75 Å². The van der Waals surface area contributed by atoms with Crippen molar-refractivity contribution in [2.45, 2.75) is 77.4 Å². The lowest BCUT2D eigenvalue weighted by Crippen LogP contribution is -2.39. The minimum atomic E-state index is -1.13. The summed E-state index contributed by atoms with van der Waals surface area (Å²) in [5.41, 5.74) is 6.54. The van der Waals surface area contributed by atoms with Crippen LogP contribution < -0.4 is 25.6 Å². The van der Waals surface area contributed by atoms with E-state index in [0.29, 0.717) is 82.2 Å². The number of hydrogen-bond acceptors (Lipinski definition) is 13. The van der Waals surface area contributed by atoms with Crippen LogP contribution in [0.4, 0.5) is 16.8 Å². The smallest absolute Gasteiger partial charge is 0.355 e. The summed E-state index contributed by atoms with van der Waals surface area (Å²) >= 11 is 1.43. The first kappa shape index (κ1) is 47.1. The fourth-order valence-corrected chi connectivity index (χ4v) is 11.0. The first-order chi connectivity index (χ1) is 34.3. The topological polar surface area (TPSA) is 214 Å². The van der Waals surface area contributed by atoms with Gasteiger partial charge in [-0.1, -0.05) is 41.7 Å². The van der Waals surface area contributed by atoms with E-state index in [4.69, 9.17) is 9.72 Å². The average molecular weight is 975 g/mol. The number of hydrogen-bond donors (Lipinski definition) is 4. The maximum Gasteiger partial charge on any atom is 0.355 e. The highest BCUT2D eigenvalue weighted by Crippen LogP contribution is 2.35. The number of rotatable bonds is 14. The van der Waals surface area contributed by atoms with Gasteiger partial charge in [0, 0.05) is 43.1 Å². The van der Waals surface area contributed by atoms with Crippen LogP contribution in [0.3, 0.4) is 0 Å². The van der Waals surface area contributed by atoms with E-state index in [9.17, 15) is 29.1 Å². The number of carbonyl (C=O) groups excluding carboxylic acids is 4. The third-order valence-corrected chi connectivity index (χ3v) is 14.8. The number of amides is 4. The number of nitrogens with one attached hydrogen (secondary N) is 3. The highest BCUT2D eigenvalue weighted by molar-refractivity contribution is 7.22. The number of anilines is 3. The van der Waals surface area contributed by atoms with Crippen molar-refractivity contribution in [1.29, 1.82) is 0 Å². The van der Waals surface area contributed by atoms with Gasteiger partial charge in [0.05, 0.1) is 34.5 Å². The first-order valence-corrected chi connectivity index (χ1v) is 24.9. The third-order valence-electron chi connectivity index (χ3n) is 13.9. The van der Waals surface area contributed by atoms with Gasteiger partial charge in [0.15, 0.2) is 16.5 Å². The fourth-order valence-electron chi connectivity index (χ4n) is 10.1. The van der Waals surface area contributed by atoms with E-state index < -0.39 is 11.9 Å². The summed E-state index contributed by atoms with van der Waals surface area (Å²) in [5, 5.41) is 24.5. The number of carboxylic acid groups (broad SMARTS) is 1. The molecule has 7 aromatic rings. The van der Waals surface area contributed by atoms with E-state index in [2.05, 4.69) is 42.8 Å². The molecule has 3 aliphatic rings. The number of ether oxygens (including phenoxy) is 1. The van der Waals surface area contributed by atoms with Gasteiger partial charge in [-0.2, -0.15) is 5.10 Å². The van der Waals surface area contributed by atoms with Gasteiger partial charge < -0.3 is 20.1 Å². The Morgan fingerprint density at radius 2 is 1.72 bits per heavy atom. The molecule has 2 fully saturated rings. The number of carboxylic acids is 1. The van der Waals surface area contributed by atoms with Gasteiger partial charge in [-0.15, -0.1) is 0 Å². The van der Waals surface area contributed by atoms with E-state index in [-0.39, 0.29) is 48.4 Å². The summed E-state index contributed by atoms with van der Waals surface area (Å²) in [6, 6.07) is 26.4. The zero-order chi connectivity index (χ0) is 49.3. The van der Waals surface area contributed by atoms with Crippen LogP contribution in [0, 0.1) is 12.8 Å². The molecule has 2 atom stereocenters. The van der Waals surface area contributed by atoms with Crippen molar-refractivity contribution in [3.63, 3.8) is 0 Å². The van der Waals surface area contributed by atoms with E-state index in [1.54, 1.807) is 17.8 Å². The number of aryl methyl sites for hydroxylation is 2. The molecule has 0 saturated carbocycles. The molecular weight excluding hydrogens is 921 g/mol. The Morgan fingerprint density at radius 1 is 0.901 bits per heavy atom. The van der Waals surface area contributed by atoms with Crippen molar-refractivity contribution >= 4 is 79.0 Å². The number of imide groups is 1. The van der Waals surface area contributed by atoms with Crippen LogP contribution in [-0.2, 0) is 34.4 Å². The second kappa shape index (κ2) is 20.0. The molecular formula is C53H54N10O7S. The lowest BCUT2D eigenvalue weighted by molar-refractivity contribution is -0.134. The van der Waals surface area contributed by atoms with Gasteiger partial charge >= 0.3 is 5.97 Å². The molecule has 3 aliphatic heterocycles. The molecule has 7 heterocycles. The summed E-state index contributed by atoms with van der Waals surface area (Å²) in [6.07, 6.45) is 5.09. The minimum Gasteiger partial charge on any atom is -0.491 e. The Morgan fingerprint density at radius 3 is 2.51 bits per heavy atom. The molecule has 2 saturated heterocycles. The predicted molar refractivity (Wildman–Crippen MR) is 271 cm³/mol. The van der Waals surface area contributed by atoms with Crippen molar-refractivity contribution in [3.8, 4) is 16.9 Å². The van der Waals surface area contributed by atoms with E-state index >= 15 is 0 Å². The highest BCUT2D eigenvalue weighted by Gasteiger charge is 2.32. The fraction of sp³-hybridized carbons (Fsp3) is 0.340. The molecule has 18 heteroatoms. The summed E-state index contributed by atoms with van der Waals surface area (Å²) in [5.74, 6) is -0.527. The zero-order valence-corrected chi connectivity index (χ0v) is 40.6. The van der Waals surface area contributed by atoms with Crippen molar-refractivity contribution < 1.29 is 33.8 Å². The number of benzene rings is 3. The maximum absolute atomic E-state index is 13.6. The minimum absolute atomic E-state index is 0.0438. The summed E-state index contributed by atoms with van der Waals surface area (Å²) in [4.78, 5) is 81.7. The second-order valence-electron chi connectivity index (χ2n) is 18.8. The van der Waals surface area contributed by atoms with Crippen molar-refractivity contribution in [2.75, 3.05) is 41.7 Å². The van der Waals surface area contributed by atoms with Gasteiger partial charge in [0.1, 0.15) is 17.4 Å². The summed E-state index contributed by atoms with van der Waals surface area (Å²) in [6.45, 7) is 6.90. The Balaban J connectivity index is 0.704. The lowest BCUT2D eigenvalue weighted by Gasteiger charge is -2.32. The molecule has 4 N–H and O–H groups in total. The quantitative estimate of drug-likeness (QED) is 0.0765. The Labute approximate surface area is 413 Å². The number of carbonyl (C=O) groups is 5. The lowest BCUT2D eigenvalue weighted by atomic mass is 9.91. The van der Waals surface area contributed by atoms with Crippen LogP contribution in [0.15, 0.2) is 84.9 Å². The first-order valence-electron chi connectivity index (χ1n) is 24.1. The second-order valence-corrected chi connectivity index (χ2v) is 19.8. The van der Waals surface area contributed by atoms with E-state index in [1.807, 2.05) is 90.7 Å². The van der Waals surface area contributed by atoms with Crippen LogP contribution in [0.1, 0.15) is 94.6 Å². The molecule has 10 rings (SSSR count). The SMILES string of the molecule is Cc1cc(O[C@H](C)CCC2CCN(CC(=O)Nc3ccc4c(C5CCC(=O)NC5=O)nn(C)c4n3)CC2)ccc1-c1ccc(N2CCc3cccc(C(=O)Nc4nc5ccccc5s4)c3C2)nc1C(=O)O. The molecule has 0 spiro atoms. The van der Waals surface area contributed by atoms with Crippen LogP contribution in [-0.4, -0.2) is 96.6 Å². The number of nitrogens with zero attached hydrogens (tertiary/aromatic N) is 7. The third kappa shape index (κ3) is 10.2. The number of likely N-dealkylation sites (tertiary alicyclic amines) is 1. The molecule has 71 heavy (non-hydrogen) atoms. The Hall–Kier alpha value is -7.57. The number of para-hydroxylation sites is 1. The molecule has 17 nitrogen and oxygen atoms in total. The number of piperidine rings is 2. The van der Waals surface area contributed by atoms with Gasteiger partial charge in [-0.3, -0.25) is 39.4 Å². The Kier molecular flexibility index (Phi) is 13.3.